The van der Waals surface area contributed by atoms with E-state index in [-0.39, 0.29) is 6.42 Å². The fraction of sp³-hybridized carbons (Fsp3) is 0.214. The van der Waals surface area contributed by atoms with Crippen LogP contribution in [0.4, 0.5) is 4.39 Å². The molecule has 0 radical (unpaired) electrons. The number of carboxylic acid groups (broad SMARTS) is 1. The summed E-state index contributed by atoms with van der Waals surface area (Å²) in [6.07, 6.45) is 4.17. The molecular weight excluding hydrogens is 255 g/mol. The van der Waals surface area contributed by atoms with Crippen LogP contribution >= 0.6 is 11.6 Å². The van der Waals surface area contributed by atoms with E-state index in [1.54, 1.807) is 30.3 Å². The summed E-state index contributed by atoms with van der Waals surface area (Å²) in [5.74, 6) is -1.74. The number of alkyl halides is 2. The number of benzene rings is 1. The third-order valence-electron chi connectivity index (χ3n) is 2.84. The molecule has 0 bridgehead atoms. The Morgan fingerprint density at radius 2 is 2.06 bits per heavy atom. The molecule has 0 fully saturated rings. The van der Waals surface area contributed by atoms with Crippen LogP contribution in [-0.4, -0.2) is 16.2 Å². The topological polar surface area (TPSA) is 37.3 Å². The van der Waals surface area contributed by atoms with Crippen molar-refractivity contribution in [2.75, 3.05) is 0 Å². The second-order valence-corrected chi connectivity index (χ2v) is 4.81. The molecule has 1 aliphatic carbocycles. The zero-order valence-corrected chi connectivity index (χ0v) is 10.3. The zero-order chi connectivity index (χ0) is 13.2. The maximum atomic E-state index is 13.4. The van der Waals surface area contributed by atoms with Crippen molar-refractivity contribution in [3.63, 3.8) is 0 Å². The second-order valence-electron chi connectivity index (χ2n) is 4.18. The van der Waals surface area contributed by atoms with Crippen molar-refractivity contribution in [2.24, 2.45) is 0 Å². The quantitative estimate of drug-likeness (QED) is 0.848. The fourth-order valence-corrected chi connectivity index (χ4v) is 2.09. The molecule has 1 aromatic carbocycles. The second kappa shape index (κ2) is 4.94. The van der Waals surface area contributed by atoms with Crippen LogP contribution in [0.1, 0.15) is 17.9 Å². The van der Waals surface area contributed by atoms with Crippen LogP contribution in [0.25, 0.3) is 0 Å². The molecule has 2 nitrogen and oxygen atoms in total. The summed E-state index contributed by atoms with van der Waals surface area (Å²) in [5.41, 5.74) is 1.23. The van der Waals surface area contributed by atoms with Crippen LogP contribution in [0.2, 0.25) is 0 Å². The van der Waals surface area contributed by atoms with Crippen LogP contribution in [0.15, 0.2) is 54.1 Å². The van der Waals surface area contributed by atoms with Gasteiger partial charge in [-0.1, -0.05) is 54.1 Å². The fourth-order valence-electron chi connectivity index (χ4n) is 1.95. The van der Waals surface area contributed by atoms with Crippen LogP contribution in [0, 0.1) is 0 Å². The van der Waals surface area contributed by atoms with E-state index >= 15 is 0 Å². The lowest BCUT2D eigenvalue weighted by atomic mass is 9.88. The lowest BCUT2D eigenvalue weighted by Crippen LogP contribution is -2.18. The first-order chi connectivity index (χ1) is 8.49. The summed E-state index contributed by atoms with van der Waals surface area (Å²) in [7, 11) is 0. The predicted molar refractivity (Wildman–Crippen MR) is 68.4 cm³/mol. The number of carbonyl (C=O) groups is 1. The van der Waals surface area contributed by atoms with E-state index in [0.717, 1.165) is 0 Å². The van der Waals surface area contributed by atoms with Gasteiger partial charge in [0.1, 0.15) is 5.92 Å². The lowest BCUT2D eigenvalue weighted by Gasteiger charge is -2.21. The number of allylic oxidation sites excluding steroid dienone is 3. The third kappa shape index (κ3) is 2.79. The molecule has 0 spiro atoms. The van der Waals surface area contributed by atoms with Crippen molar-refractivity contribution in [3.05, 3.63) is 59.7 Å². The molecule has 1 N–H and O–H groups in total. The Balaban J connectivity index is 2.32. The molecule has 2 atom stereocenters. The summed E-state index contributed by atoms with van der Waals surface area (Å²) >= 11 is 5.52. The number of hydrogen-bond donors (Lipinski definition) is 1. The molecule has 2 unspecified atom stereocenters. The minimum absolute atomic E-state index is 0.0169. The highest BCUT2D eigenvalue weighted by Crippen LogP contribution is 2.34. The van der Waals surface area contributed by atoms with Gasteiger partial charge in [-0.3, -0.25) is 4.79 Å². The highest BCUT2D eigenvalue weighted by molar-refractivity contribution is 6.24. The molecule has 4 heteroatoms. The minimum Gasteiger partial charge on any atom is -0.481 e. The Kier molecular flexibility index (Phi) is 3.53. The van der Waals surface area contributed by atoms with E-state index in [1.807, 2.05) is 6.07 Å². The van der Waals surface area contributed by atoms with E-state index in [4.69, 9.17) is 11.6 Å². The Morgan fingerprint density at radius 1 is 1.39 bits per heavy atom. The van der Waals surface area contributed by atoms with Gasteiger partial charge in [0.15, 0.2) is 0 Å². The third-order valence-corrected chi connectivity index (χ3v) is 3.12. The molecule has 0 amide bonds. The van der Waals surface area contributed by atoms with E-state index in [1.165, 1.54) is 12.2 Å². The van der Waals surface area contributed by atoms with E-state index in [9.17, 15) is 14.3 Å². The van der Waals surface area contributed by atoms with Gasteiger partial charge >= 0.3 is 5.97 Å². The van der Waals surface area contributed by atoms with Gasteiger partial charge in [0.2, 0.25) is 5.13 Å². The molecule has 0 aromatic heterocycles. The van der Waals surface area contributed by atoms with Gasteiger partial charge in [-0.2, -0.15) is 0 Å². The molecule has 0 aliphatic heterocycles. The number of hydrogen-bond acceptors (Lipinski definition) is 1. The monoisotopic (exact) mass is 266 g/mol. The van der Waals surface area contributed by atoms with Crippen molar-refractivity contribution in [1.29, 1.82) is 0 Å². The molecular formula is C14H12ClFO2. The molecule has 1 aliphatic rings. The number of rotatable bonds is 3. The van der Waals surface area contributed by atoms with Gasteiger partial charge in [0.05, 0.1) is 0 Å². The summed E-state index contributed by atoms with van der Waals surface area (Å²) in [4.78, 5) is 11.4. The smallest absolute Gasteiger partial charge is 0.315 e. The molecule has 94 valence electrons. The van der Waals surface area contributed by atoms with Crippen molar-refractivity contribution in [2.45, 2.75) is 17.5 Å². The first kappa shape index (κ1) is 12.8. The van der Waals surface area contributed by atoms with Gasteiger partial charge in [0, 0.05) is 6.42 Å². The van der Waals surface area contributed by atoms with E-state index in [2.05, 4.69) is 0 Å². The highest BCUT2D eigenvalue weighted by atomic mass is 35.5. The predicted octanol–water partition coefficient (Wildman–Crippen LogP) is 3.65. The summed E-state index contributed by atoms with van der Waals surface area (Å²) < 4.78 is 13.4. The molecule has 0 saturated heterocycles. The van der Waals surface area contributed by atoms with Gasteiger partial charge in [-0.05, 0) is 17.2 Å². The molecule has 2 rings (SSSR count). The van der Waals surface area contributed by atoms with Crippen molar-refractivity contribution in [3.8, 4) is 0 Å². The summed E-state index contributed by atoms with van der Waals surface area (Å²) in [5, 5.41) is 7.41. The van der Waals surface area contributed by atoms with E-state index in [0.29, 0.717) is 11.1 Å². The maximum Gasteiger partial charge on any atom is 0.315 e. The van der Waals surface area contributed by atoms with Crippen LogP contribution in [0.3, 0.4) is 0 Å². The Labute approximate surface area is 109 Å². The van der Waals surface area contributed by atoms with Gasteiger partial charge in [-0.25, -0.2) is 4.39 Å². The van der Waals surface area contributed by atoms with Gasteiger partial charge in [0.25, 0.3) is 0 Å². The Hall–Kier alpha value is -1.61. The molecule has 18 heavy (non-hydrogen) atoms. The molecule has 1 aromatic rings. The number of halogens is 2. The Morgan fingerprint density at radius 3 is 2.56 bits per heavy atom. The van der Waals surface area contributed by atoms with Crippen LogP contribution < -0.4 is 0 Å². The Bertz CT molecular complexity index is 506. The van der Waals surface area contributed by atoms with Gasteiger partial charge in [-0.15, -0.1) is 0 Å². The first-order valence-electron chi connectivity index (χ1n) is 5.54. The van der Waals surface area contributed by atoms with Crippen LogP contribution in [0.5, 0.6) is 0 Å². The van der Waals surface area contributed by atoms with Crippen molar-refractivity contribution >= 4 is 17.6 Å². The number of carboxylic acids is 1. The first-order valence-corrected chi connectivity index (χ1v) is 5.92. The maximum absolute atomic E-state index is 13.4. The summed E-state index contributed by atoms with van der Waals surface area (Å²) in [6.45, 7) is 0. The minimum atomic E-state index is -1.90. The average molecular weight is 267 g/mol. The van der Waals surface area contributed by atoms with E-state index < -0.39 is 17.0 Å². The van der Waals surface area contributed by atoms with Gasteiger partial charge < -0.3 is 5.11 Å². The highest BCUT2D eigenvalue weighted by Gasteiger charge is 2.29. The molecule has 0 heterocycles. The normalized spacial score (nSPS) is 24.4. The number of aliphatic carboxylic acids is 1. The SMILES string of the molecule is O=C(O)C(C1=CCC(F)(Cl)C=C1)c1ccccc1. The average Bonchev–Trinajstić information content (AvgIpc) is 2.33. The lowest BCUT2D eigenvalue weighted by molar-refractivity contribution is -0.137. The van der Waals surface area contributed by atoms with Crippen molar-refractivity contribution in [1.82, 2.24) is 0 Å². The van der Waals surface area contributed by atoms with Crippen molar-refractivity contribution < 1.29 is 14.3 Å². The standard InChI is InChI=1S/C14H12ClFO2/c15-14(16)8-6-11(7-9-14)12(13(17)18)10-4-2-1-3-5-10/h1-8,12H,9H2,(H,17,18). The molecule has 0 saturated carbocycles. The largest absolute Gasteiger partial charge is 0.481 e. The summed E-state index contributed by atoms with van der Waals surface area (Å²) in [6, 6.07) is 8.86. The van der Waals surface area contributed by atoms with Crippen LogP contribution in [-0.2, 0) is 4.79 Å². The zero-order valence-electron chi connectivity index (χ0n) is 9.51.